The van der Waals surface area contributed by atoms with Crippen LogP contribution in [-0.4, -0.2) is 83.4 Å². The second kappa shape index (κ2) is 9.10. The Labute approximate surface area is 159 Å². The first kappa shape index (κ1) is 19.5. The third kappa shape index (κ3) is 4.54. The highest BCUT2D eigenvalue weighted by Gasteiger charge is 2.34. The first-order valence-electron chi connectivity index (χ1n) is 9.68. The first-order chi connectivity index (χ1) is 13.1. The van der Waals surface area contributed by atoms with Gasteiger partial charge < -0.3 is 10.0 Å². The van der Waals surface area contributed by atoms with E-state index in [4.69, 9.17) is 5.11 Å². The van der Waals surface area contributed by atoms with Crippen molar-refractivity contribution in [1.29, 1.82) is 0 Å². The molecule has 146 valence electrons. The van der Waals surface area contributed by atoms with E-state index in [1.165, 1.54) is 4.90 Å². The summed E-state index contributed by atoms with van der Waals surface area (Å²) in [5.41, 5.74) is 0.969. The number of aliphatic hydroxyl groups is 1. The highest BCUT2D eigenvalue weighted by Crippen LogP contribution is 2.22. The van der Waals surface area contributed by atoms with Crippen molar-refractivity contribution in [2.24, 2.45) is 0 Å². The molecule has 7 heteroatoms. The number of rotatable bonds is 8. The molecule has 1 N–H and O–H groups in total. The maximum absolute atomic E-state index is 12.3. The summed E-state index contributed by atoms with van der Waals surface area (Å²) in [7, 11) is 0. The fraction of sp³-hybridized carbons (Fsp3) is 0.550. The molecule has 0 spiro atoms. The van der Waals surface area contributed by atoms with Crippen molar-refractivity contribution < 1.29 is 19.5 Å². The number of benzene rings is 1. The van der Waals surface area contributed by atoms with Crippen molar-refractivity contribution >= 4 is 17.7 Å². The van der Waals surface area contributed by atoms with Crippen LogP contribution >= 0.6 is 0 Å². The Bertz CT molecular complexity index is 663. The topological polar surface area (TPSA) is 81.2 Å². The lowest BCUT2D eigenvalue weighted by atomic mass is 10.1. The summed E-state index contributed by atoms with van der Waals surface area (Å²) in [6.45, 7) is 4.28. The SMILES string of the molecule is O=C(CCCCCN1C(=O)c2ccccc2C1=O)N1CCN(CCO)CC1. The van der Waals surface area contributed by atoms with Crippen molar-refractivity contribution in [2.45, 2.75) is 25.7 Å². The summed E-state index contributed by atoms with van der Waals surface area (Å²) in [6, 6.07) is 6.91. The third-order valence-electron chi connectivity index (χ3n) is 5.29. The van der Waals surface area contributed by atoms with Crippen LogP contribution in [0.15, 0.2) is 24.3 Å². The Balaban J connectivity index is 1.34. The van der Waals surface area contributed by atoms with E-state index < -0.39 is 0 Å². The molecule has 27 heavy (non-hydrogen) atoms. The quantitative estimate of drug-likeness (QED) is 0.543. The Hall–Kier alpha value is -2.25. The first-order valence-corrected chi connectivity index (χ1v) is 9.68. The van der Waals surface area contributed by atoms with Gasteiger partial charge in [0, 0.05) is 45.7 Å². The second-order valence-electron chi connectivity index (χ2n) is 7.06. The van der Waals surface area contributed by atoms with Gasteiger partial charge >= 0.3 is 0 Å². The van der Waals surface area contributed by atoms with Gasteiger partial charge in [0.05, 0.1) is 17.7 Å². The van der Waals surface area contributed by atoms with Gasteiger partial charge in [-0.25, -0.2) is 0 Å². The van der Waals surface area contributed by atoms with Crippen LogP contribution in [0, 0.1) is 0 Å². The minimum atomic E-state index is -0.215. The Morgan fingerprint density at radius 2 is 1.52 bits per heavy atom. The minimum Gasteiger partial charge on any atom is -0.395 e. The lowest BCUT2D eigenvalue weighted by molar-refractivity contribution is -0.133. The van der Waals surface area contributed by atoms with Gasteiger partial charge in [-0.15, -0.1) is 0 Å². The highest BCUT2D eigenvalue weighted by atomic mass is 16.3. The third-order valence-corrected chi connectivity index (χ3v) is 5.29. The van der Waals surface area contributed by atoms with Gasteiger partial charge in [0.15, 0.2) is 0 Å². The van der Waals surface area contributed by atoms with Crippen LogP contribution in [0.25, 0.3) is 0 Å². The Kier molecular flexibility index (Phi) is 6.58. The predicted molar refractivity (Wildman–Crippen MR) is 100 cm³/mol. The molecule has 3 rings (SSSR count). The van der Waals surface area contributed by atoms with Crippen LogP contribution in [0.5, 0.6) is 0 Å². The van der Waals surface area contributed by atoms with Crippen molar-refractivity contribution in [2.75, 3.05) is 45.9 Å². The molecule has 0 atom stereocenters. The molecular formula is C20H27N3O4. The number of carbonyl (C=O) groups is 3. The fourth-order valence-electron chi connectivity index (χ4n) is 3.69. The predicted octanol–water partition coefficient (Wildman–Crippen LogP) is 0.979. The summed E-state index contributed by atoms with van der Waals surface area (Å²) >= 11 is 0. The zero-order valence-corrected chi connectivity index (χ0v) is 15.6. The molecule has 7 nitrogen and oxygen atoms in total. The Morgan fingerprint density at radius 3 is 2.11 bits per heavy atom. The molecule has 0 aromatic heterocycles. The van der Waals surface area contributed by atoms with Crippen LogP contribution in [-0.2, 0) is 4.79 Å². The smallest absolute Gasteiger partial charge is 0.261 e. The van der Waals surface area contributed by atoms with Gasteiger partial charge in [0.25, 0.3) is 11.8 Å². The Morgan fingerprint density at radius 1 is 0.889 bits per heavy atom. The molecule has 0 aliphatic carbocycles. The molecule has 2 aliphatic heterocycles. The number of aliphatic hydroxyl groups excluding tert-OH is 1. The molecule has 2 heterocycles. The van der Waals surface area contributed by atoms with Crippen LogP contribution < -0.4 is 0 Å². The summed E-state index contributed by atoms with van der Waals surface area (Å²) in [5, 5.41) is 8.95. The molecule has 1 aromatic rings. The maximum Gasteiger partial charge on any atom is 0.261 e. The minimum absolute atomic E-state index is 0.154. The molecule has 0 radical (unpaired) electrons. The van der Waals surface area contributed by atoms with Crippen molar-refractivity contribution in [3.05, 3.63) is 35.4 Å². The second-order valence-corrected chi connectivity index (χ2v) is 7.06. The lowest BCUT2D eigenvalue weighted by Crippen LogP contribution is -2.49. The average Bonchev–Trinajstić information content (AvgIpc) is 2.93. The number of unbranched alkanes of at least 4 members (excludes halogenated alkanes) is 2. The van der Waals surface area contributed by atoms with Gasteiger partial charge in [-0.3, -0.25) is 24.2 Å². The number of β-amino-alcohol motifs (C(OH)–C–C–N with tert-alkyl or cyclic N) is 1. The van der Waals surface area contributed by atoms with Crippen molar-refractivity contribution in [1.82, 2.24) is 14.7 Å². The normalized spacial score (nSPS) is 17.5. The molecule has 0 unspecified atom stereocenters. The maximum atomic E-state index is 12.3. The van der Waals surface area contributed by atoms with E-state index in [0.717, 1.165) is 25.9 Å². The van der Waals surface area contributed by atoms with Gasteiger partial charge in [0.2, 0.25) is 5.91 Å². The van der Waals surface area contributed by atoms with E-state index in [1.807, 2.05) is 4.90 Å². The van der Waals surface area contributed by atoms with Crippen LogP contribution in [0.3, 0.4) is 0 Å². The summed E-state index contributed by atoms with van der Waals surface area (Å²) < 4.78 is 0. The largest absolute Gasteiger partial charge is 0.395 e. The number of nitrogens with zero attached hydrogens (tertiary/aromatic N) is 3. The fourth-order valence-corrected chi connectivity index (χ4v) is 3.69. The van der Waals surface area contributed by atoms with E-state index in [1.54, 1.807) is 24.3 Å². The number of piperazine rings is 1. The number of fused-ring (bicyclic) bond motifs is 1. The standard InChI is InChI=1S/C20H27N3O4/c24-15-14-21-10-12-22(13-11-21)18(25)8-2-1-5-9-23-19(26)16-6-3-4-7-17(16)20(23)27/h3-4,6-7,24H,1-2,5,8-15H2. The number of hydrogen-bond donors (Lipinski definition) is 1. The lowest BCUT2D eigenvalue weighted by Gasteiger charge is -2.34. The van der Waals surface area contributed by atoms with E-state index in [0.29, 0.717) is 50.1 Å². The zero-order valence-electron chi connectivity index (χ0n) is 15.6. The van der Waals surface area contributed by atoms with Crippen LogP contribution in [0.4, 0.5) is 0 Å². The number of carbonyl (C=O) groups excluding carboxylic acids is 3. The highest BCUT2D eigenvalue weighted by molar-refractivity contribution is 6.21. The van der Waals surface area contributed by atoms with Gasteiger partial charge in [-0.1, -0.05) is 18.6 Å². The van der Waals surface area contributed by atoms with Gasteiger partial charge in [-0.2, -0.15) is 0 Å². The molecule has 3 amide bonds. The zero-order chi connectivity index (χ0) is 19.2. The van der Waals surface area contributed by atoms with Crippen LogP contribution in [0.2, 0.25) is 0 Å². The molecule has 1 saturated heterocycles. The molecular weight excluding hydrogens is 346 g/mol. The van der Waals surface area contributed by atoms with Gasteiger partial charge in [-0.05, 0) is 25.0 Å². The van der Waals surface area contributed by atoms with E-state index in [9.17, 15) is 14.4 Å². The van der Waals surface area contributed by atoms with E-state index in [-0.39, 0.29) is 24.3 Å². The average molecular weight is 373 g/mol. The van der Waals surface area contributed by atoms with E-state index >= 15 is 0 Å². The number of hydrogen-bond acceptors (Lipinski definition) is 5. The molecule has 2 aliphatic rings. The summed E-state index contributed by atoms with van der Waals surface area (Å²) in [5.74, 6) is -0.265. The van der Waals surface area contributed by atoms with Crippen molar-refractivity contribution in [3.63, 3.8) is 0 Å². The summed E-state index contributed by atoms with van der Waals surface area (Å²) in [6.07, 6.45) is 2.79. The van der Waals surface area contributed by atoms with Gasteiger partial charge in [0.1, 0.15) is 0 Å². The van der Waals surface area contributed by atoms with Crippen molar-refractivity contribution in [3.8, 4) is 0 Å². The summed E-state index contributed by atoms with van der Waals surface area (Å²) in [4.78, 5) is 42.2. The van der Waals surface area contributed by atoms with E-state index in [2.05, 4.69) is 4.90 Å². The molecule has 1 fully saturated rings. The monoisotopic (exact) mass is 373 g/mol. The molecule has 0 saturated carbocycles. The molecule has 1 aromatic carbocycles. The number of amides is 3. The number of imide groups is 1. The van der Waals surface area contributed by atoms with Crippen LogP contribution in [0.1, 0.15) is 46.4 Å². The molecule has 0 bridgehead atoms.